The molecule has 1 amide bonds. The first-order valence-corrected chi connectivity index (χ1v) is 6.89. The SMILES string of the molecule is O=C(Cc1ccccc1C(=O)O)N[C@@H]1C[C@H]2CC[C@@H]1O2. The molecule has 2 N–H and O–H groups in total. The summed E-state index contributed by atoms with van der Waals surface area (Å²) in [5.41, 5.74) is 0.730. The Morgan fingerprint density at radius 3 is 2.75 bits per heavy atom. The van der Waals surface area contributed by atoms with Crippen LogP contribution in [0.3, 0.4) is 0 Å². The van der Waals surface area contributed by atoms with Gasteiger partial charge in [-0.05, 0) is 30.9 Å². The average molecular weight is 275 g/mol. The van der Waals surface area contributed by atoms with Crippen LogP contribution >= 0.6 is 0 Å². The Labute approximate surface area is 116 Å². The number of fused-ring (bicyclic) bond motifs is 2. The predicted octanol–water partition coefficient (Wildman–Crippen LogP) is 1.36. The maximum atomic E-state index is 12.1. The maximum Gasteiger partial charge on any atom is 0.335 e. The van der Waals surface area contributed by atoms with E-state index in [-0.39, 0.29) is 36.1 Å². The third-order valence-electron chi connectivity index (χ3n) is 4.05. The fourth-order valence-corrected chi connectivity index (χ4v) is 3.10. The molecule has 0 aromatic heterocycles. The number of carboxylic acid groups (broad SMARTS) is 1. The molecule has 0 saturated carbocycles. The van der Waals surface area contributed by atoms with E-state index in [4.69, 9.17) is 9.84 Å². The molecule has 5 heteroatoms. The van der Waals surface area contributed by atoms with Crippen molar-refractivity contribution in [1.29, 1.82) is 0 Å². The minimum absolute atomic E-state index is 0.0817. The third-order valence-corrected chi connectivity index (χ3v) is 4.05. The molecule has 1 aromatic rings. The molecule has 2 fully saturated rings. The summed E-state index contributed by atoms with van der Waals surface area (Å²) < 4.78 is 5.69. The molecular formula is C15H17NO4. The number of aromatic carboxylic acids is 1. The van der Waals surface area contributed by atoms with Crippen molar-refractivity contribution in [1.82, 2.24) is 5.32 Å². The second-order valence-corrected chi connectivity index (χ2v) is 5.42. The van der Waals surface area contributed by atoms with Crippen LogP contribution in [0.5, 0.6) is 0 Å². The molecule has 2 aliphatic heterocycles. The number of carbonyl (C=O) groups excluding carboxylic acids is 1. The second-order valence-electron chi connectivity index (χ2n) is 5.42. The molecule has 0 spiro atoms. The minimum atomic E-state index is -1.00. The lowest BCUT2D eigenvalue weighted by Gasteiger charge is -2.20. The van der Waals surface area contributed by atoms with Crippen molar-refractivity contribution in [3.05, 3.63) is 35.4 Å². The van der Waals surface area contributed by atoms with E-state index in [0.29, 0.717) is 5.56 Å². The zero-order valence-electron chi connectivity index (χ0n) is 11.0. The number of hydrogen-bond donors (Lipinski definition) is 2. The molecule has 0 unspecified atom stereocenters. The largest absolute Gasteiger partial charge is 0.478 e. The zero-order chi connectivity index (χ0) is 14.1. The van der Waals surface area contributed by atoms with Gasteiger partial charge in [0.25, 0.3) is 0 Å². The van der Waals surface area contributed by atoms with Gasteiger partial charge in [-0.2, -0.15) is 0 Å². The molecule has 5 nitrogen and oxygen atoms in total. The Hall–Kier alpha value is -1.88. The number of nitrogens with one attached hydrogen (secondary N) is 1. The standard InChI is InChI=1S/C15H17NO4/c17-14(16-12-8-10-5-6-13(12)20-10)7-9-3-1-2-4-11(9)15(18)19/h1-4,10,12-13H,5-8H2,(H,16,17)(H,18,19)/t10-,12-,13+/m1/s1. The lowest BCUT2D eigenvalue weighted by atomic mass is 9.95. The average Bonchev–Trinajstić information content (AvgIpc) is 3.01. The first-order chi connectivity index (χ1) is 9.63. The van der Waals surface area contributed by atoms with Crippen LogP contribution < -0.4 is 5.32 Å². The Bertz CT molecular complexity index is 542. The van der Waals surface area contributed by atoms with Crippen molar-refractivity contribution in [3.63, 3.8) is 0 Å². The highest BCUT2D eigenvalue weighted by atomic mass is 16.5. The van der Waals surface area contributed by atoms with E-state index in [1.54, 1.807) is 18.2 Å². The molecular weight excluding hydrogens is 258 g/mol. The summed E-state index contributed by atoms with van der Waals surface area (Å²) >= 11 is 0. The molecule has 3 atom stereocenters. The van der Waals surface area contributed by atoms with Gasteiger partial charge in [-0.25, -0.2) is 4.79 Å². The number of hydrogen-bond acceptors (Lipinski definition) is 3. The number of ether oxygens (including phenoxy) is 1. The quantitative estimate of drug-likeness (QED) is 0.870. The van der Waals surface area contributed by atoms with Crippen LogP contribution in [-0.4, -0.2) is 35.2 Å². The van der Waals surface area contributed by atoms with Gasteiger partial charge in [0.15, 0.2) is 0 Å². The van der Waals surface area contributed by atoms with Crippen molar-refractivity contribution >= 4 is 11.9 Å². The minimum Gasteiger partial charge on any atom is -0.478 e. The van der Waals surface area contributed by atoms with Crippen LogP contribution in [0.25, 0.3) is 0 Å². The summed E-state index contributed by atoms with van der Waals surface area (Å²) in [6.07, 6.45) is 3.48. The van der Waals surface area contributed by atoms with Gasteiger partial charge in [0, 0.05) is 0 Å². The van der Waals surface area contributed by atoms with Crippen molar-refractivity contribution in [2.75, 3.05) is 0 Å². The number of rotatable bonds is 4. The molecule has 20 heavy (non-hydrogen) atoms. The fourth-order valence-electron chi connectivity index (χ4n) is 3.10. The van der Waals surface area contributed by atoms with Gasteiger partial charge in [0.1, 0.15) is 0 Å². The van der Waals surface area contributed by atoms with E-state index < -0.39 is 5.97 Å². The summed E-state index contributed by atoms with van der Waals surface area (Å²) in [4.78, 5) is 23.2. The fraction of sp³-hybridized carbons (Fsp3) is 0.467. The normalized spacial score (nSPS) is 27.5. The van der Waals surface area contributed by atoms with Crippen molar-refractivity contribution in [3.8, 4) is 0 Å². The second kappa shape index (κ2) is 5.25. The summed E-state index contributed by atoms with van der Waals surface area (Å²) in [5, 5.41) is 12.1. The number of carbonyl (C=O) groups is 2. The first-order valence-electron chi connectivity index (χ1n) is 6.89. The monoisotopic (exact) mass is 275 g/mol. The smallest absolute Gasteiger partial charge is 0.335 e. The molecule has 3 rings (SSSR count). The topological polar surface area (TPSA) is 75.6 Å². The highest BCUT2D eigenvalue weighted by Gasteiger charge is 2.41. The summed E-state index contributed by atoms with van der Waals surface area (Å²) in [7, 11) is 0. The number of carboxylic acids is 1. The van der Waals surface area contributed by atoms with Gasteiger partial charge in [-0.1, -0.05) is 18.2 Å². The molecule has 2 saturated heterocycles. The van der Waals surface area contributed by atoms with Crippen LogP contribution in [-0.2, 0) is 16.0 Å². The number of amides is 1. The maximum absolute atomic E-state index is 12.1. The van der Waals surface area contributed by atoms with E-state index in [2.05, 4.69) is 5.32 Å². The van der Waals surface area contributed by atoms with E-state index in [0.717, 1.165) is 19.3 Å². The van der Waals surface area contributed by atoms with E-state index in [1.165, 1.54) is 6.07 Å². The van der Waals surface area contributed by atoms with E-state index in [9.17, 15) is 9.59 Å². The summed E-state index contributed by atoms with van der Waals surface area (Å²) in [6, 6.07) is 6.69. The van der Waals surface area contributed by atoms with E-state index >= 15 is 0 Å². The van der Waals surface area contributed by atoms with Crippen LogP contribution in [0.2, 0.25) is 0 Å². The third kappa shape index (κ3) is 2.54. The van der Waals surface area contributed by atoms with Crippen LogP contribution in [0.15, 0.2) is 24.3 Å². The predicted molar refractivity (Wildman–Crippen MR) is 71.5 cm³/mol. The molecule has 0 aliphatic carbocycles. The molecule has 2 heterocycles. The Morgan fingerprint density at radius 1 is 1.30 bits per heavy atom. The highest BCUT2D eigenvalue weighted by molar-refractivity contribution is 5.91. The van der Waals surface area contributed by atoms with Crippen LogP contribution in [0, 0.1) is 0 Å². The van der Waals surface area contributed by atoms with Gasteiger partial charge in [0.2, 0.25) is 5.91 Å². The molecule has 1 aromatic carbocycles. The molecule has 2 aliphatic rings. The van der Waals surface area contributed by atoms with Gasteiger partial charge >= 0.3 is 5.97 Å². The molecule has 0 radical (unpaired) electrons. The summed E-state index contributed by atoms with van der Waals surface area (Å²) in [5.74, 6) is -1.14. The van der Waals surface area contributed by atoms with Gasteiger partial charge in [-0.3, -0.25) is 4.79 Å². The zero-order valence-corrected chi connectivity index (χ0v) is 11.0. The number of benzene rings is 1. The van der Waals surface area contributed by atoms with Gasteiger partial charge < -0.3 is 15.2 Å². The lowest BCUT2D eigenvalue weighted by molar-refractivity contribution is -0.121. The molecule has 106 valence electrons. The van der Waals surface area contributed by atoms with Crippen LogP contribution in [0.4, 0.5) is 0 Å². The highest BCUT2D eigenvalue weighted by Crippen LogP contribution is 2.34. The van der Waals surface area contributed by atoms with Crippen molar-refractivity contribution < 1.29 is 19.4 Å². The lowest BCUT2D eigenvalue weighted by Crippen LogP contribution is -2.42. The summed E-state index contributed by atoms with van der Waals surface area (Å²) in [6.45, 7) is 0. The Balaban J connectivity index is 1.63. The van der Waals surface area contributed by atoms with Crippen LogP contribution in [0.1, 0.15) is 35.2 Å². The van der Waals surface area contributed by atoms with Crippen molar-refractivity contribution in [2.45, 2.75) is 43.9 Å². The first kappa shape index (κ1) is 13.1. The Kier molecular flexibility index (Phi) is 3.44. The molecule has 2 bridgehead atoms. The van der Waals surface area contributed by atoms with E-state index in [1.807, 2.05) is 0 Å². The van der Waals surface area contributed by atoms with Gasteiger partial charge in [0.05, 0.1) is 30.2 Å². The Morgan fingerprint density at radius 2 is 2.10 bits per heavy atom. The van der Waals surface area contributed by atoms with Crippen molar-refractivity contribution in [2.24, 2.45) is 0 Å². The van der Waals surface area contributed by atoms with Gasteiger partial charge in [-0.15, -0.1) is 0 Å².